The van der Waals surface area contributed by atoms with E-state index in [-0.39, 0.29) is 31.1 Å². The van der Waals surface area contributed by atoms with Crippen molar-refractivity contribution in [2.45, 2.75) is 105 Å². The van der Waals surface area contributed by atoms with Gasteiger partial charge in [-0.05, 0) is 37.0 Å². The molecular weight excluding hydrogens is 363 g/mol. The second-order valence-electron chi connectivity index (χ2n) is 9.35. The summed E-state index contributed by atoms with van der Waals surface area (Å²) in [5.74, 6) is 0.856. The molecule has 0 aromatic carbocycles. The Labute approximate surface area is 180 Å². The Morgan fingerprint density at radius 2 is 1.52 bits per heavy atom. The Morgan fingerprint density at radius 1 is 0.931 bits per heavy atom. The van der Waals surface area contributed by atoms with E-state index < -0.39 is 6.04 Å². The maximum atomic E-state index is 12.6. The van der Waals surface area contributed by atoms with Crippen molar-refractivity contribution in [1.82, 2.24) is 10.6 Å². The van der Waals surface area contributed by atoms with E-state index in [0.717, 1.165) is 19.2 Å². The summed E-state index contributed by atoms with van der Waals surface area (Å²) in [6.45, 7) is 12.8. The molecule has 1 amide bonds. The van der Waals surface area contributed by atoms with Crippen LogP contribution in [0.5, 0.6) is 0 Å². The van der Waals surface area contributed by atoms with Crippen LogP contribution in [0.4, 0.5) is 0 Å². The minimum atomic E-state index is -0.436. The molecule has 0 fully saturated rings. The summed E-state index contributed by atoms with van der Waals surface area (Å²) in [4.78, 5) is 24.9. The first-order chi connectivity index (χ1) is 13.7. The lowest BCUT2D eigenvalue weighted by molar-refractivity contribution is -0.128. The molecule has 0 rings (SSSR count). The number of hydrogen-bond acceptors (Lipinski definition) is 4. The van der Waals surface area contributed by atoms with Crippen LogP contribution in [0.15, 0.2) is 0 Å². The molecule has 170 valence electrons. The quantitative estimate of drug-likeness (QED) is 0.232. The van der Waals surface area contributed by atoms with Crippen LogP contribution in [-0.4, -0.2) is 42.8 Å². The van der Waals surface area contributed by atoms with Crippen molar-refractivity contribution >= 4 is 18.6 Å². The molecule has 5 nitrogen and oxygen atoms in total. The topological polar surface area (TPSA) is 78.4 Å². The van der Waals surface area contributed by atoms with Gasteiger partial charge in [0.05, 0.1) is 12.6 Å². The Hall–Kier alpha value is -0.875. The fraction of sp³-hybridized carbons (Fsp3) is 0.913. The zero-order valence-corrected chi connectivity index (χ0v) is 19.9. The summed E-state index contributed by atoms with van der Waals surface area (Å²) >= 11 is 0. The molecule has 1 unspecified atom stereocenters. The summed E-state index contributed by atoms with van der Waals surface area (Å²) in [5.41, 5.74) is 0. The molecule has 0 radical (unpaired) electrons. The Balaban J connectivity index is 4.26. The van der Waals surface area contributed by atoms with Gasteiger partial charge in [-0.3, -0.25) is 9.59 Å². The normalized spacial score (nSPS) is 13.6. The van der Waals surface area contributed by atoms with Crippen molar-refractivity contribution in [1.29, 1.82) is 0 Å². The lowest BCUT2D eigenvalue weighted by Crippen LogP contribution is -2.48. The van der Waals surface area contributed by atoms with Crippen LogP contribution in [0.1, 0.15) is 86.0 Å². The van der Waals surface area contributed by atoms with Gasteiger partial charge < -0.3 is 15.7 Å². The monoisotopic (exact) mass is 410 g/mol. The average Bonchev–Trinajstić information content (AvgIpc) is 2.63. The summed E-state index contributed by atoms with van der Waals surface area (Å²) in [5, 5.41) is 15.8. The van der Waals surface area contributed by atoms with Crippen molar-refractivity contribution < 1.29 is 14.6 Å². The largest absolute Gasteiger partial charge is 0.451 e. The summed E-state index contributed by atoms with van der Waals surface area (Å²) in [6.07, 6.45) is 9.47. The lowest BCUT2D eigenvalue weighted by atomic mass is 9.62. The summed E-state index contributed by atoms with van der Waals surface area (Å²) < 4.78 is 0. The maximum Gasteiger partial charge on any atom is 0.286 e. The van der Waals surface area contributed by atoms with E-state index in [2.05, 4.69) is 31.4 Å². The molecule has 6 heteroatoms. The highest BCUT2D eigenvalue weighted by Crippen LogP contribution is 2.16. The molecule has 0 saturated carbocycles. The van der Waals surface area contributed by atoms with E-state index in [1.807, 2.05) is 13.8 Å². The van der Waals surface area contributed by atoms with Crippen LogP contribution < -0.4 is 10.6 Å². The predicted molar refractivity (Wildman–Crippen MR) is 124 cm³/mol. The highest BCUT2D eigenvalue weighted by molar-refractivity contribution is 6.48. The van der Waals surface area contributed by atoms with E-state index in [4.69, 9.17) is 0 Å². The van der Waals surface area contributed by atoms with Gasteiger partial charge in [0.15, 0.2) is 5.78 Å². The molecule has 0 spiro atoms. The number of amides is 1. The molecule has 0 aliphatic heterocycles. The van der Waals surface area contributed by atoms with Gasteiger partial charge in [-0.25, -0.2) is 0 Å². The van der Waals surface area contributed by atoms with Crippen molar-refractivity contribution in [3.8, 4) is 0 Å². The predicted octanol–water partition coefficient (Wildman–Crippen LogP) is 4.31. The van der Waals surface area contributed by atoms with Crippen molar-refractivity contribution in [3.05, 3.63) is 0 Å². The van der Waals surface area contributed by atoms with Gasteiger partial charge in [0.25, 0.3) is 6.92 Å². The first-order valence-corrected chi connectivity index (χ1v) is 11.9. The number of unbranched alkanes of at least 4 members (excludes halogenated alkanes) is 6. The number of nitrogens with one attached hydrogen (secondary N) is 2. The molecule has 0 saturated heterocycles. The Kier molecular flexibility index (Phi) is 16.4. The molecular formula is C23H47BN2O3. The van der Waals surface area contributed by atoms with E-state index in [1.54, 1.807) is 6.82 Å². The lowest BCUT2D eigenvalue weighted by Gasteiger charge is -2.24. The molecule has 0 aliphatic carbocycles. The molecule has 29 heavy (non-hydrogen) atoms. The van der Waals surface area contributed by atoms with Gasteiger partial charge in [0, 0.05) is 6.42 Å². The second-order valence-corrected chi connectivity index (χ2v) is 9.35. The van der Waals surface area contributed by atoms with Crippen molar-refractivity contribution in [2.75, 3.05) is 13.1 Å². The zero-order chi connectivity index (χ0) is 22.2. The number of Topliss-reactive ketones (excluding diaryl/α,β-unsaturated/α-hetero) is 1. The standard InChI is InChI=1S/C23H47BN2O3/c1-7-8-9-10-11-12-13-14-22(28)26-23(19(4)5)21(27)17-25-16-20(18(2)3)15-24(6)29/h18-20,23,25,29H,7-17H2,1-6H3,(H,26,28)/t20?,23-/m0/s1. The third-order valence-corrected chi connectivity index (χ3v) is 5.63. The number of hydrogen-bond donors (Lipinski definition) is 3. The second kappa shape index (κ2) is 16.9. The van der Waals surface area contributed by atoms with Crippen LogP contribution in [-0.2, 0) is 9.59 Å². The van der Waals surface area contributed by atoms with Crippen LogP contribution in [0, 0.1) is 17.8 Å². The minimum Gasteiger partial charge on any atom is -0.451 e. The van der Waals surface area contributed by atoms with Gasteiger partial charge in [-0.2, -0.15) is 0 Å². The molecule has 3 N–H and O–H groups in total. The van der Waals surface area contributed by atoms with Gasteiger partial charge in [0.1, 0.15) is 0 Å². The van der Waals surface area contributed by atoms with Crippen LogP contribution in [0.3, 0.4) is 0 Å². The number of ketones is 1. The molecule has 2 atom stereocenters. The third-order valence-electron chi connectivity index (χ3n) is 5.63. The zero-order valence-electron chi connectivity index (χ0n) is 19.9. The highest BCUT2D eigenvalue weighted by atomic mass is 16.2. The van der Waals surface area contributed by atoms with Crippen LogP contribution >= 0.6 is 0 Å². The van der Waals surface area contributed by atoms with E-state index in [0.29, 0.717) is 24.8 Å². The molecule has 0 heterocycles. The van der Waals surface area contributed by atoms with Gasteiger partial charge in [-0.15, -0.1) is 0 Å². The molecule has 0 bridgehead atoms. The molecule has 0 aromatic heterocycles. The SMILES string of the molecule is CCCCCCCCCC(=O)N[C@H](C(=O)CNCC(CB(C)O)C(C)C)C(C)C. The van der Waals surface area contributed by atoms with Crippen molar-refractivity contribution in [2.24, 2.45) is 17.8 Å². The summed E-state index contributed by atoms with van der Waals surface area (Å²) in [7, 11) is 0. The Bertz CT molecular complexity index is 442. The minimum absolute atomic E-state index is 0.0141. The third kappa shape index (κ3) is 14.7. The maximum absolute atomic E-state index is 12.6. The first kappa shape index (κ1) is 28.1. The first-order valence-electron chi connectivity index (χ1n) is 11.9. The van der Waals surface area contributed by atoms with Gasteiger partial charge in [-0.1, -0.05) is 80.0 Å². The van der Waals surface area contributed by atoms with E-state index >= 15 is 0 Å². The molecule has 0 aliphatic rings. The smallest absolute Gasteiger partial charge is 0.286 e. The van der Waals surface area contributed by atoms with Crippen LogP contribution in [0.25, 0.3) is 0 Å². The average molecular weight is 410 g/mol. The van der Waals surface area contributed by atoms with E-state index in [9.17, 15) is 14.6 Å². The Morgan fingerprint density at radius 3 is 2.03 bits per heavy atom. The summed E-state index contributed by atoms with van der Waals surface area (Å²) in [6, 6.07) is -0.436. The van der Waals surface area contributed by atoms with Crippen LogP contribution in [0.2, 0.25) is 13.1 Å². The fourth-order valence-electron chi connectivity index (χ4n) is 3.63. The molecule has 0 aromatic rings. The van der Waals surface area contributed by atoms with Crippen molar-refractivity contribution in [3.63, 3.8) is 0 Å². The number of carbonyl (C=O) groups is 2. The highest BCUT2D eigenvalue weighted by Gasteiger charge is 2.24. The van der Waals surface area contributed by atoms with Gasteiger partial charge in [0.2, 0.25) is 5.91 Å². The van der Waals surface area contributed by atoms with E-state index in [1.165, 1.54) is 32.1 Å². The van der Waals surface area contributed by atoms with Gasteiger partial charge >= 0.3 is 0 Å². The number of carbonyl (C=O) groups excluding carboxylic acids is 2. The fourth-order valence-corrected chi connectivity index (χ4v) is 3.63. The number of rotatable bonds is 18.